The predicted octanol–water partition coefficient (Wildman–Crippen LogP) is 2.77. The number of halogens is 2. The maximum Gasteiger partial charge on any atom is 0.327 e. The number of carbonyl (C=O) groups is 1. The molecular formula is C10H11Br2NO2. The van der Waals surface area contributed by atoms with Crippen molar-refractivity contribution in [3.05, 3.63) is 32.7 Å². The number of hydrogen-bond acceptors (Lipinski definition) is 3. The Balaban J connectivity index is 2.94. The molecule has 5 heteroatoms. The minimum atomic E-state index is -0.753. The van der Waals surface area contributed by atoms with Gasteiger partial charge in [-0.2, -0.15) is 0 Å². The fraction of sp³-hybridized carbons (Fsp3) is 0.300. The lowest BCUT2D eigenvalue weighted by molar-refractivity contribution is -0.144. The minimum absolute atomic E-state index is 0.332. The molecule has 0 aromatic heterocycles. The zero-order valence-electron chi connectivity index (χ0n) is 8.17. The van der Waals surface area contributed by atoms with E-state index in [-0.39, 0.29) is 0 Å². The van der Waals surface area contributed by atoms with Gasteiger partial charge in [-0.1, -0.05) is 31.9 Å². The van der Waals surface area contributed by atoms with E-state index >= 15 is 0 Å². The molecule has 0 fully saturated rings. The van der Waals surface area contributed by atoms with E-state index in [4.69, 9.17) is 10.5 Å². The number of rotatable bonds is 3. The van der Waals surface area contributed by atoms with E-state index in [2.05, 4.69) is 31.9 Å². The van der Waals surface area contributed by atoms with Crippen molar-refractivity contribution in [2.75, 3.05) is 6.61 Å². The molecule has 0 aliphatic heterocycles. The van der Waals surface area contributed by atoms with E-state index in [9.17, 15) is 4.79 Å². The summed E-state index contributed by atoms with van der Waals surface area (Å²) >= 11 is 6.67. The Morgan fingerprint density at radius 3 is 2.80 bits per heavy atom. The van der Waals surface area contributed by atoms with Crippen LogP contribution in [-0.2, 0) is 9.53 Å². The van der Waals surface area contributed by atoms with Gasteiger partial charge in [-0.3, -0.25) is 0 Å². The molecule has 3 nitrogen and oxygen atoms in total. The van der Waals surface area contributed by atoms with Gasteiger partial charge in [-0.25, -0.2) is 4.79 Å². The normalized spacial score (nSPS) is 12.3. The quantitative estimate of drug-likeness (QED) is 0.863. The van der Waals surface area contributed by atoms with Crippen LogP contribution in [0.3, 0.4) is 0 Å². The molecule has 82 valence electrons. The van der Waals surface area contributed by atoms with Crippen molar-refractivity contribution in [3.8, 4) is 0 Å². The van der Waals surface area contributed by atoms with Gasteiger partial charge in [0.05, 0.1) is 6.61 Å². The van der Waals surface area contributed by atoms with E-state index in [0.717, 1.165) is 8.95 Å². The van der Waals surface area contributed by atoms with E-state index in [1.54, 1.807) is 13.0 Å². The van der Waals surface area contributed by atoms with Crippen molar-refractivity contribution in [1.82, 2.24) is 0 Å². The summed E-state index contributed by atoms with van der Waals surface area (Å²) in [5.74, 6) is -0.420. The first-order chi connectivity index (χ1) is 7.06. The third-order valence-corrected chi connectivity index (χ3v) is 3.05. The molecule has 0 bridgehead atoms. The standard InChI is InChI=1S/C10H11Br2NO2/c1-2-15-10(14)9(13)7-5-6(11)3-4-8(7)12/h3-5,9H,2,13H2,1H3. The topological polar surface area (TPSA) is 52.3 Å². The van der Waals surface area contributed by atoms with Crippen LogP contribution in [0.5, 0.6) is 0 Å². The molecule has 0 aliphatic carbocycles. The Morgan fingerprint density at radius 1 is 1.53 bits per heavy atom. The molecule has 0 saturated carbocycles. The lowest BCUT2D eigenvalue weighted by atomic mass is 10.1. The SMILES string of the molecule is CCOC(=O)C(N)c1cc(Br)ccc1Br. The molecule has 2 N–H and O–H groups in total. The zero-order chi connectivity index (χ0) is 11.4. The van der Waals surface area contributed by atoms with Gasteiger partial charge in [0.15, 0.2) is 0 Å². The van der Waals surface area contributed by atoms with Crippen molar-refractivity contribution >= 4 is 37.8 Å². The second kappa shape index (κ2) is 5.63. The summed E-state index contributed by atoms with van der Waals surface area (Å²) in [6.45, 7) is 2.08. The summed E-state index contributed by atoms with van der Waals surface area (Å²) in [7, 11) is 0. The Kier molecular flexibility index (Phi) is 4.76. The first-order valence-electron chi connectivity index (χ1n) is 4.43. The largest absolute Gasteiger partial charge is 0.465 e. The average molecular weight is 337 g/mol. The van der Waals surface area contributed by atoms with Crippen molar-refractivity contribution < 1.29 is 9.53 Å². The van der Waals surface area contributed by atoms with Gasteiger partial charge in [0, 0.05) is 8.95 Å². The molecule has 15 heavy (non-hydrogen) atoms. The number of hydrogen-bond donors (Lipinski definition) is 1. The summed E-state index contributed by atoms with van der Waals surface area (Å²) < 4.78 is 6.53. The van der Waals surface area contributed by atoms with Crippen LogP contribution in [0.2, 0.25) is 0 Å². The first-order valence-corrected chi connectivity index (χ1v) is 6.02. The third kappa shape index (κ3) is 3.29. The number of nitrogens with two attached hydrogens (primary N) is 1. The molecule has 0 heterocycles. The summed E-state index contributed by atoms with van der Waals surface area (Å²) in [5.41, 5.74) is 6.48. The van der Waals surface area contributed by atoms with Crippen molar-refractivity contribution in [1.29, 1.82) is 0 Å². The molecule has 0 aliphatic rings. The van der Waals surface area contributed by atoms with Crippen molar-refractivity contribution in [3.63, 3.8) is 0 Å². The van der Waals surface area contributed by atoms with Crippen molar-refractivity contribution in [2.24, 2.45) is 5.73 Å². The van der Waals surface area contributed by atoms with E-state index < -0.39 is 12.0 Å². The number of esters is 1. The lowest BCUT2D eigenvalue weighted by Gasteiger charge is -2.12. The molecule has 1 unspecified atom stereocenters. The van der Waals surface area contributed by atoms with Gasteiger partial charge < -0.3 is 10.5 Å². The fourth-order valence-electron chi connectivity index (χ4n) is 1.11. The van der Waals surface area contributed by atoms with E-state index in [1.165, 1.54) is 0 Å². The van der Waals surface area contributed by atoms with Crippen LogP contribution in [0.1, 0.15) is 18.5 Å². The van der Waals surface area contributed by atoms with Crippen LogP contribution in [0.15, 0.2) is 27.1 Å². The lowest BCUT2D eigenvalue weighted by Crippen LogP contribution is -2.24. The molecule has 0 amide bonds. The van der Waals surface area contributed by atoms with Crippen LogP contribution in [0, 0.1) is 0 Å². The third-order valence-electron chi connectivity index (χ3n) is 1.83. The van der Waals surface area contributed by atoms with Crippen LogP contribution in [-0.4, -0.2) is 12.6 Å². The maximum atomic E-state index is 11.4. The van der Waals surface area contributed by atoms with Gasteiger partial charge >= 0.3 is 5.97 Å². The number of benzene rings is 1. The first kappa shape index (κ1) is 12.7. The van der Waals surface area contributed by atoms with Crippen molar-refractivity contribution in [2.45, 2.75) is 13.0 Å². The minimum Gasteiger partial charge on any atom is -0.465 e. The predicted molar refractivity (Wildman–Crippen MR) is 65.4 cm³/mol. The van der Waals surface area contributed by atoms with Gasteiger partial charge in [-0.05, 0) is 30.7 Å². The Bertz CT molecular complexity index is 368. The van der Waals surface area contributed by atoms with E-state index in [0.29, 0.717) is 12.2 Å². The maximum absolute atomic E-state index is 11.4. The van der Waals surface area contributed by atoms with Gasteiger partial charge in [0.1, 0.15) is 6.04 Å². The van der Waals surface area contributed by atoms with Crippen LogP contribution in [0.4, 0.5) is 0 Å². The average Bonchev–Trinajstić information content (AvgIpc) is 2.21. The molecule has 0 radical (unpaired) electrons. The van der Waals surface area contributed by atoms with Crippen LogP contribution in [0.25, 0.3) is 0 Å². The molecule has 1 atom stereocenters. The molecule has 0 saturated heterocycles. The summed E-state index contributed by atoms with van der Waals surface area (Å²) in [5, 5.41) is 0. The number of carbonyl (C=O) groups excluding carboxylic acids is 1. The molecule has 1 aromatic rings. The molecule has 0 spiro atoms. The summed E-state index contributed by atoms with van der Waals surface area (Å²) in [4.78, 5) is 11.4. The monoisotopic (exact) mass is 335 g/mol. The Morgan fingerprint density at radius 2 is 2.20 bits per heavy atom. The van der Waals surface area contributed by atoms with Gasteiger partial charge in [0.2, 0.25) is 0 Å². The Labute approximate surface area is 105 Å². The fourth-order valence-corrected chi connectivity index (χ4v) is 1.98. The smallest absolute Gasteiger partial charge is 0.327 e. The molecule has 1 aromatic carbocycles. The van der Waals surface area contributed by atoms with Gasteiger partial charge in [0.25, 0.3) is 0 Å². The highest BCUT2D eigenvalue weighted by Gasteiger charge is 2.19. The van der Waals surface area contributed by atoms with Crippen LogP contribution < -0.4 is 5.73 Å². The molecule has 1 rings (SSSR count). The summed E-state index contributed by atoms with van der Waals surface area (Å²) in [6, 6.07) is 4.74. The highest BCUT2D eigenvalue weighted by molar-refractivity contribution is 9.11. The molecular weight excluding hydrogens is 326 g/mol. The zero-order valence-corrected chi connectivity index (χ0v) is 11.3. The number of ether oxygens (including phenoxy) is 1. The highest BCUT2D eigenvalue weighted by Crippen LogP contribution is 2.26. The highest BCUT2D eigenvalue weighted by atomic mass is 79.9. The second-order valence-corrected chi connectivity index (χ2v) is 4.67. The Hall–Kier alpha value is -0.390. The van der Waals surface area contributed by atoms with Crippen LogP contribution >= 0.6 is 31.9 Å². The second-order valence-electron chi connectivity index (χ2n) is 2.90. The van der Waals surface area contributed by atoms with E-state index in [1.807, 2.05) is 12.1 Å². The summed E-state index contributed by atoms with van der Waals surface area (Å²) in [6.07, 6.45) is 0. The van der Waals surface area contributed by atoms with Gasteiger partial charge in [-0.15, -0.1) is 0 Å².